The van der Waals surface area contributed by atoms with Crippen LogP contribution in [0.5, 0.6) is 0 Å². The molecule has 0 spiro atoms. The van der Waals surface area contributed by atoms with Crippen LogP contribution in [0.3, 0.4) is 0 Å². The SMILES string of the molecule is CC1CC(C)N1CC(C)C(C)(C)C. The van der Waals surface area contributed by atoms with Crippen molar-refractivity contribution in [3.8, 4) is 0 Å². The van der Waals surface area contributed by atoms with Gasteiger partial charge >= 0.3 is 0 Å². The van der Waals surface area contributed by atoms with Crippen molar-refractivity contribution in [3.63, 3.8) is 0 Å². The Morgan fingerprint density at radius 3 is 2.00 bits per heavy atom. The highest BCUT2D eigenvalue weighted by molar-refractivity contribution is 4.89. The highest BCUT2D eigenvalue weighted by Gasteiger charge is 2.34. The fraction of sp³-hybridized carbons (Fsp3) is 1.00. The molecule has 1 nitrogen and oxygen atoms in total. The third kappa shape index (κ3) is 2.46. The maximum Gasteiger partial charge on any atom is 0.00846 e. The van der Waals surface area contributed by atoms with Gasteiger partial charge < -0.3 is 0 Å². The van der Waals surface area contributed by atoms with Gasteiger partial charge in [-0.2, -0.15) is 0 Å². The van der Waals surface area contributed by atoms with Crippen molar-refractivity contribution in [2.45, 2.75) is 60.0 Å². The average Bonchev–Trinajstić information content (AvgIpc) is 1.98. The molecule has 0 saturated carbocycles. The van der Waals surface area contributed by atoms with Crippen LogP contribution < -0.4 is 0 Å². The Labute approximate surface area is 83.5 Å². The minimum absolute atomic E-state index is 0.453. The molecule has 0 amide bonds. The van der Waals surface area contributed by atoms with E-state index in [1.807, 2.05) is 0 Å². The van der Waals surface area contributed by atoms with E-state index in [-0.39, 0.29) is 0 Å². The summed E-state index contributed by atoms with van der Waals surface area (Å²) in [6, 6.07) is 1.64. The number of hydrogen-bond acceptors (Lipinski definition) is 1. The molecule has 1 saturated heterocycles. The Hall–Kier alpha value is -0.0400. The molecule has 1 heterocycles. The van der Waals surface area contributed by atoms with Crippen molar-refractivity contribution < 1.29 is 0 Å². The highest BCUT2D eigenvalue weighted by atomic mass is 15.2. The van der Waals surface area contributed by atoms with E-state index < -0.39 is 0 Å². The van der Waals surface area contributed by atoms with Gasteiger partial charge in [0.1, 0.15) is 0 Å². The van der Waals surface area contributed by atoms with E-state index in [1.54, 1.807) is 0 Å². The standard InChI is InChI=1S/C12H25N/c1-9(12(4,5)6)8-13-10(2)7-11(13)3/h9-11H,7-8H2,1-6H3. The summed E-state index contributed by atoms with van der Waals surface area (Å²) in [5, 5.41) is 0. The lowest BCUT2D eigenvalue weighted by atomic mass is 9.80. The van der Waals surface area contributed by atoms with Crippen molar-refractivity contribution in [1.29, 1.82) is 0 Å². The van der Waals surface area contributed by atoms with Crippen LogP contribution in [0.1, 0.15) is 48.0 Å². The summed E-state index contributed by atoms with van der Waals surface area (Å²) in [6.45, 7) is 15.3. The van der Waals surface area contributed by atoms with E-state index in [1.165, 1.54) is 13.0 Å². The number of hydrogen-bond donors (Lipinski definition) is 0. The third-order valence-corrected chi connectivity index (χ3v) is 3.78. The molecule has 1 rings (SSSR count). The molecule has 1 heteroatoms. The van der Waals surface area contributed by atoms with Gasteiger partial charge in [0.2, 0.25) is 0 Å². The topological polar surface area (TPSA) is 3.24 Å². The van der Waals surface area contributed by atoms with Gasteiger partial charge in [-0.15, -0.1) is 0 Å². The Kier molecular flexibility index (Phi) is 3.06. The monoisotopic (exact) mass is 183 g/mol. The Bertz CT molecular complexity index is 160. The van der Waals surface area contributed by atoms with Crippen molar-refractivity contribution in [1.82, 2.24) is 4.90 Å². The first-order chi connectivity index (χ1) is 5.82. The van der Waals surface area contributed by atoms with Gasteiger partial charge in [0.05, 0.1) is 0 Å². The zero-order valence-corrected chi connectivity index (χ0v) is 10.1. The van der Waals surface area contributed by atoms with Crippen molar-refractivity contribution in [2.75, 3.05) is 6.54 Å². The second kappa shape index (κ2) is 3.61. The number of likely N-dealkylation sites (tertiary alicyclic amines) is 1. The summed E-state index contributed by atoms with van der Waals surface area (Å²) in [5.74, 6) is 0.790. The summed E-state index contributed by atoms with van der Waals surface area (Å²) in [6.07, 6.45) is 1.39. The summed E-state index contributed by atoms with van der Waals surface area (Å²) < 4.78 is 0. The van der Waals surface area contributed by atoms with E-state index >= 15 is 0 Å². The molecule has 13 heavy (non-hydrogen) atoms. The lowest BCUT2D eigenvalue weighted by Gasteiger charge is -2.48. The fourth-order valence-corrected chi connectivity index (χ4v) is 2.01. The van der Waals surface area contributed by atoms with Gasteiger partial charge in [-0.3, -0.25) is 4.90 Å². The Morgan fingerprint density at radius 2 is 1.69 bits per heavy atom. The maximum absolute atomic E-state index is 2.63. The molecular weight excluding hydrogens is 158 g/mol. The van der Waals surface area contributed by atoms with Crippen LogP contribution in [-0.2, 0) is 0 Å². The third-order valence-electron chi connectivity index (χ3n) is 3.78. The van der Waals surface area contributed by atoms with Crippen LogP contribution in [0.4, 0.5) is 0 Å². The summed E-state index contributed by atoms with van der Waals surface area (Å²) in [5.41, 5.74) is 0.453. The molecule has 3 atom stereocenters. The Balaban J connectivity index is 2.40. The first-order valence-electron chi connectivity index (χ1n) is 5.58. The van der Waals surface area contributed by atoms with Crippen molar-refractivity contribution >= 4 is 0 Å². The van der Waals surface area contributed by atoms with E-state index in [0.29, 0.717) is 5.41 Å². The molecule has 0 aromatic rings. The molecule has 3 unspecified atom stereocenters. The number of nitrogens with zero attached hydrogens (tertiary/aromatic N) is 1. The molecule has 1 aliphatic heterocycles. The molecular formula is C12H25N. The highest BCUT2D eigenvalue weighted by Crippen LogP contribution is 2.31. The van der Waals surface area contributed by atoms with Crippen LogP contribution in [0.15, 0.2) is 0 Å². The maximum atomic E-state index is 2.63. The predicted molar refractivity (Wildman–Crippen MR) is 58.9 cm³/mol. The Morgan fingerprint density at radius 1 is 1.23 bits per heavy atom. The number of rotatable bonds is 2. The smallest absolute Gasteiger partial charge is 0.00846 e. The second-order valence-corrected chi connectivity index (χ2v) is 5.90. The van der Waals surface area contributed by atoms with E-state index in [4.69, 9.17) is 0 Å². The zero-order chi connectivity index (χ0) is 10.2. The van der Waals surface area contributed by atoms with Crippen LogP contribution >= 0.6 is 0 Å². The van der Waals surface area contributed by atoms with E-state index in [9.17, 15) is 0 Å². The quantitative estimate of drug-likeness (QED) is 0.635. The summed E-state index contributed by atoms with van der Waals surface area (Å²) >= 11 is 0. The fourth-order valence-electron chi connectivity index (χ4n) is 2.01. The normalized spacial score (nSPS) is 32.8. The molecule has 0 N–H and O–H groups in total. The first-order valence-corrected chi connectivity index (χ1v) is 5.58. The molecule has 1 fully saturated rings. The van der Waals surface area contributed by atoms with Gasteiger partial charge in [-0.1, -0.05) is 27.7 Å². The minimum atomic E-state index is 0.453. The lowest BCUT2D eigenvalue weighted by Crippen LogP contribution is -2.55. The van der Waals surface area contributed by atoms with Crippen molar-refractivity contribution in [3.05, 3.63) is 0 Å². The molecule has 0 aromatic heterocycles. The van der Waals surface area contributed by atoms with Crippen LogP contribution in [0.25, 0.3) is 0 Å². The van der Waals surface area contributed by atoms with Gasteiger partial charge in [-0.25, -0.2) is 0 Å². The van der Waals surface area contributed by atoms with Crippen LogP contribution in [0, 0.1) is 11.3 Å². The first kappa shape index (κ1) is 11.0. The zero-order valence-electron chi connectivity index (χ0n) is 10.1. The average molecular weight is 183 g/mol. The largest absolute Gasteiger partial charge is 0.298 e. The van der Waals surface area contributed by atoms with Crippen LogP contribution in [0.2, 0.25) is 0 Å². The molecule has 0 aromatic carbocycles. The molecule has 0 bridgehead atoms. The van der Waals surface area contributed by atoms with E-state index in [0.717, 1.165) is 18.0 Å². The molecule has 0 radical (unpaired) electrons. The minimum Gasteiger partial charge on any atom is -0.298 e. The second-order valence-electron chi connectivity index (χ2n) is 5.90. The van der Waals surface area contributed by atoms with E-state index in [2.05, 4.69) is 46.4 Å². The summed E-state index contributed by atoms with van der Waals surface area (Å²) in [4.78, 5) is 2.63. The molecule has 1 aliphatic rings. The molecule has 0 aliphatic carbocycles. The van der Waals surface area contributed by atoms with Gasteiger partial charge in [0.15, 0.2) is 0 Å². The van der Waals surface area contributed by atoms with Gasteiger partial charge in [0, 0.05) is 18.6 Å². The predicted octanol–water partition coefficient (Wildman–Crippen LogP) is 3.15. The van der Waals surface area contributed by atoms with Crippen molar-refractivity contribution in [2.24, 2.45) is 11.3 Å². The lowest BCUT2D eigenvalue weighted by molar-refractivity contribution is 0.00735. The van der Waals surface area contributed by atoms with Gasteiger partial charge in [-0.05, 0) is 31.6 Å². The van der Waals surface area contributed by atoms with Gasteiger partial charge in [0.25, 0.3) is 0 Å². The van der Waals surface area contributed by atoms with Crippen LogP contribution in [-0.4, -0.2) is 23.5 Å². The summed E-state index contributed by atoms with van der Waals surface area (Å²) in [7, 11) is 0. The molecule has 78 valence electrons.